The van der Waals surface area contributed by atoms with E-state index >= 15 is 0 Å². The Labute approximate surface area is 133 Å². The zero-order valence-corrected chi connectivity index (χ0v) is 15.1. The SMILES string of the molecule is CC(C)CN(CCN(C)C)S(=O)(=O)c1cc(CCl)n(C)c1. The minimum Gasteiger partial charge on any atom is -0.352 e. The average molecular weight is 336 g/mol. The number of likely N-dealkylation sites (N-methyl/N-ethyl adjacent to an activating group) is 1. The van der Waals surface area contributed by atoms with Crippen LogP contribution in [0.15, 0.2) is 17.2 Å². The number of hydrogen-bond donors (Lipinski definition) is 0. The van der Waals surface area contributed by atoms with Crippen LogP contribution in [0.4, 0.5) is 0 Å². The first-order valence-corrected chi connectivity index (χ1v) is 9.02. The lowest BCUT2D eigenvalue weighted by atomic mass is 10.2. The summed E-state index contributed by atoms with van der Waals surface area (Å²) in [6.45, 7) is 5.74. The molecule has 0 bridgehead atoms. The fraction of sp³-hybridized carbons (Fsp3) is 0.714. The van der Waals surface area contributed by atoms with Gasteiger partial charge in [-0.05, 0) is 26.1 Å². The minimum absolute atomic E-state index is 0.276. The van der Waals surface area contributed by atoms with Gasteiger partial charge in [-0.25, -0.2) is 8.42 Å². The average Bonchev–Trinajstić information content (AvgIpc) is 2.75. The summed E-state index contributed by atoms with van der Waals surface area (Å²) in [4.78, 5) is 2.30. The van der Waals surface area contributed by atoms with Crippen LogP contribution in [0.3, 0.4) is 0 Å². The molecule has 1 rings (SSSR count). The molecule has 0 N–H and O–H groups in total. The molecule has 0 atom stereocenters. The molecule has 0 radical (unpaired) electrons. The van der Waals surface area contributed by atoms with Crippen molar-refractivity contribution < 1.29 is 8.42 Å². The maximum atomic E-state index is 12.8. The second kappa shape index (κ2) is 7.63. The largest absolute Gasteiger partial charge is 0.352 e. The maximum Gasteiger partial charge on any atom is 0.244 e. The van der Waals surface area contributed by atoms with Crippen LogP contribution in [-0.4, -0.2) is 55.9 Å². The minimum atomic E-state index is -3.48. The lowest BCUT2D eigenvalue weighted by molar-refractivity contribution is 0.312. The van der Waals surface area contributed by atoms with Crippen LogP contribution in [0.1, 0.15) is 19.5 Å². The van der Waals surface area contributed by atoms with E-state index in [1.807, 2.05) is 39.9 Å². The van der Waals surface area contributed by atoms with Crippen molar-refractivity contribution in [3.05, 3.63) is 18.0 Å². The summed E-state index contributed by atoms with van der Waals surface area (Å²) in [5.74, 6) is 0.576. The van der Waals surface area contributed by atoms with Crippen molar-refractivity contribution in [1.29, 1.82) is 0 Å². The highest BCUT2D eigenvalue weighted by molar-refractivity contribution is 7.89. The van der Waals surface area contributed by atoms with E-state index in [1.165, 1.54) is 0 Å². The van der Waals surface area contributed by atoms with Gasteiger partial charge in [-0.3, -0.25) is 0 Å². The number of nitrogens with zero attached hydrogens (tertiary/aromatic N) is 3. The molecule has 0 aliphatic rings. The van der Waals surface area contributed by atoms with E-state index in [4.69, 9.17) is 11.6 Å². The number of aryl methyl sites for hydroxylation is 1. The summed E-state index contributed by atoms with van der Waals surface area (Å²) in [5.41, 5.74) is 0.798. The zero-order chi connectivity index (χ0) is 16.2. The smallest absolute Gasteiger partial charge is 0.244 e. The Hall–Kier alpha value is -0.560. The van der Waals surface area contributed by atoms with E-state index < -0.39 is 10.0 Å². The van der Waals surface area contributed by atoms with E-state index in [0.717, 1.165) is 5.69 Å². The van der Waals surface area contributed by atoms with Crippen LogP contribution in [0.2, 0.25) is 0 Å². The Kier molecular flexibility index (Phi) is 6.71. The van der Waals surface area contributed by atoms with Gasteiger partial charge in [0.05, 0.1) is 5.88 Å². The Bertz CT molecular complexity index is 553. The molecule has 0 unspecified atom stereocenters. The van der Waals surface area contributed by atoms with E-state index in [1.54, 1.807) is 21.1 Å². The molecule has 0 saturated heterocycles. The quantitative estimate of drug-likeness (QED) is 0.682. The molecule has 0 aliphatic carbocycles. The molecule has 0 fully saturated rings. The van der Waals surface area contributed by atoms with Crippen LogP contribution >= 0.6 is 11.6 Å². The van der Waals surface area contributed by atoms with Crippen LogP contribution in [0.25, 0.3) is 0 Å². The fourth-order valence-electron chi connectivity index (χ4n) is 2.03. The highest BCUT2D eigenvalue weighted by Gasteiger charge is 2.26. The van der Waals surface area contributed by atoms with E-state index in [0.29, 0.717) is 30.4 Å². The summed E-state index contributed by atoms with van der Waals surface area (Å²) in [7, 11) is 2.21. The lowest BCUT2D eigenvalue weighted by Crippen LogP contribution is -2.38. The van der Waals surface area contributed by atoms with Crippen LogP contribution in [0, 0.1) is 5.92 Å². The van der Waals surface area contributed by atoms with E-state index in [9.17, 15) is 8.42 Å². The standard InChI is InChI=1S/C14H26ClN3O2S/c1-12(2)10-18(7-6-16(3)4)21(19,20)14-8-13(9-15)17(5)11-14/h8,11-12H,6-7,9-10H2,1-5H3. The zero-order valence-electron chi connectivity index (χ0n) is 13.5. The van der Waals surface area contributed by atoms with Gasteiger partial charge >= 0.3 is 0 Å². The number of rotatable bonds is 8. The Morgan fingerprint density at radius 2 is 1.90 bits per heavy atom. The third-order valence-electron chi connectivity index (χ3n) is 3.22. The molecule has 122 valence electrons. The first-order valence-electron chi connectivity index (χ1n) is 7.04. The van der Waals surface area contributed by atoms with Crippen molar-refractivity contribution in [2.45, 2.75) is 24.6 Å². The van der Waals surface area contributed by atoms with E-state index in [2.05, 4.69) is 0 Å². The number of hydrogen-bond acceptors (Lipinski definition) is 3. The third-order valence-corrected chi connectivity index (χ3v) is 5.33. The molecule has 1 heterocycles. The molecule has 21 heavy (non-hydrogen) atoms. The van der Waals surface area contributed by atoms with E-state index in [-0.39, 0.29) is 5.92 Å². The first kappa shape index (κ1) is 18.5. The highest BCUT2D eigenvalue weighted by atomic mass is 35.5. The van der Waals surface area contributed by atoms with Gasteiger partial charge in [0.1, 0.15) is 4.90 Å². The fourth-order valence-corrected chi connectivity index (χ4v) is 3.98. The molecule has 0 aromatic carbocycles. The molecular formula is C14H26ClN3O2S. The summed E-state index contributed by atoms with van der Waals surface area (Å²) in [5, 5.41) is 0. The third kappa shape index (κ3) is 4.98. The lowest BCUT2D eigenvalue weighted by Gasteiger charge is -2.24. The van der Waals surface area contributed by atoms with Gasteiger partial charge in [0.15, 0.2) is 0 Å². The monoisotopic (exact) mass is 335 g/mol. The van der Waals surface area contributed by atoms with Crippen molar-refractivity contribution in [3.63, 3.8) is 0 Å². The normalized spacial score (nSPS) is 12.8. The van der Waals surface area contributed by atoms with Gasteiger partial charge in [-0.2, -0.15) is 4.31 Å². The molecule has 1 aromatic heterocycles. The van der Waals surface area contributed by atoms with Crippen molar-refractivity contribution in [3.8, 4) is 0 Å². The number of alkyl halides is 1. The van der Waals surface area contributed by atoms with Gasteiger partial charge in [-0.1, -0.05) is 13.8 Å². The Balaban J connectivity index is 3.06. The van der Waals surface area contributed by atoms with Gasteiger partial charge in [0.2, 0.25) is 10.0 Å². The predicted molar refractivity (Wildman–Crippen MR) is 87.1 cm³/mol. The first-order chi connectivity index (χ1) is 9.68. The van der Waals surface area contributed by atoms with Crippen LogP contribution in [0.5, 0.6) is 0 Å². The Morgan fingerprint density at radius 3 is 2.33 bits per heavy atom. The van der Waals surface area contributed by atoms with Crippen LogP contribution < -0.4 is 0 Å². The molecule has 7 heteroatoms. The van der Waals surface area contributed by atoms with Gasteiger partial charge in [0, 0.05) is 38.6 Å². The van der Waals surface area contributed by atoms with Crippen molar-refractivity contribution in [1.82, 2.24) is 13.8 Å². The molecular weight excluding hydrogens is 310 g/mol. The van der Waals surface area contributed by atoms with Crippen LogP contribution in [-0.2, 0) is 23.0 Å². The van der Waals surface area contributed by atoms with Gasteiger partial charge in [-0.15, -0.1) is 11.6 Å². The number of sulfonamides is 1. The summed E-state index contributed by atoms with van der Waals surface area (Å²) < 4.78 is 28.9. The summed E-state index contributed by atoms with van der Waals surface area (Å²) in [6, 6.07) is 1.66. The molecule has 0 saturated carbocycles. The molecule has 1 aromatic rings. The van der Waals surface area contributed by atoms with Crippen molar-refractivity contribution in [2.24, 2.45) is 13.0 Å². The molecule has 5 nitrogen and oxygen atoms in total. The molecule has 0 spiro atoms. The van der Waals surface area contributed by atoms with Gasteiger partial charge < -0.3 is 9.47 Å². The second-order valence-electron chi connectivity index (χ2n) is 5.97. The number of aromatic nitrogens is 1. The molecule has 0 amide bonds. The Morgan fingerprint density at radius 1 is 1.29 bits per heavy atom. The van der Waals surface area contributed by atoms with Crippen molar-refractivity contribution in [2.75, 3.05) is 33.7 Å². The van der Waals surface area contributed by atoms with Gasteiger partial charge in [0.25, 0.3) is 0 Å². The summed E-state index contributed by atoms with van der Waals surface area (Å²) >= 11 is 5.83. The molecule has 0 aliphatic heterocycles. The number of halogens is 1. The highest BCUT2D eigenvalue weighted by Crippen LogP contribution is 2.20. The second-order valence-corrected chi connectivity index (χ2v) is 8.18. The predicted octanol–water partition coefficient (Wildman–Crippen LogP) is 1.97. The maximum absolute atomic E-state index is 12.8. The van der Waals surface area contributed by atoms with Crippen molar-refractivity contribution >= 4 is 21.6 Å². The summed E-state index contributed by atoms with van der Waals surface area (Å²) in [6.07, 6.45) is 1.63. The topological polar surface area (TPSA) is 45.6 Å².